The number of rotatable bonds is 3. The van der Waals surface area contributed by atoms with Gasteiger partial charge >= 0.3 is 0 Å². The molecule has 1 aliphatic rings. The van der Waals surface area contributed by atoms with Gasteiger partial charge in [0.05, 0.1) is 6.10 Å². The maximum absolute atomic E-state index is 5.57. The maximum Gasteiger partial charge on any atom is 0.103 e. The first-order chi connectivity index (χ1) is 6.66. The Morgan fingerprint density at radius 1 is 1.29 bits per heavy atom. The van der Waals surface area contributed by atoms with Crippen molar-refractivity contribution in [2.75, 3.05) is 0 Å². The first-order valence-corrected chi connectivity index (χ1v) is 5.00. The van der Waals surface area contributed by atoms with Crippen molar-refractivity contribution < 1.29 is 4.74 Å². The van der Waals surface area contributed by atoms with Crippen LogP contribution in [-0.2, 0) is 10.2 Å². The van der Waals surface area contributed by atoms with E-state index in [2.05, 4.69) is 44.7 Å². The van der Waals surface area contributed by atoms with Gasteiger partial charge in [0, 0.05) is 5.41 Å². The van der Waals surface area contributed by atoms with Gasteiger partial charge in [-0.3, -0.25) is 0 Å². The van der Waals surface area contributed by atoms with Gasteiger partial charge in [-0.1, -0.05) is 50.3 Å². The highest BCUT2D eigenvalue weighted by Gasteiger charge is 2.48. The third kappa shape index (κ3) is 1.48. The van der Waals surface area contributed by atoms with Crippen molar-refractivity contribution in [1.82, 2.24) is 0 Å². The zero-order chi connectivity index (χ0) is 10.2. The van der Waals surface area contributed by atoms with Gasteiger partial charge in [-0.25, -0.2) is 0 Å². The minimum atomic E-state index is 0.0834. The summed E-state index contributed by atoms with van der Waals surface area (Å²) >= 11 is 0. The molecule has 1 aromatic carbocycles. The SMILES string of the molecule is C=CC1OC1C(C)(C)c1ccccc1. The van der Waals surface area contributed by atoms with Gasteiger partial charge in [0.25, 0.3) is 0 Å². The van der Waals surface area contributed by atoms with Crippen molar-refractivity contribution in [3.05, 3.63) is 48.6 Å². The fourth-order valence-corrected chi connectivity index (χ4v) is 1.92. The van der Waals surface area contributed by atoms with Crippen molar-refractivity contribution in [3.63, 3.8) is 0 Å². The van der Waals surface area contributed by atoms with Crippen LogP contribution >= 0.6 is 0 Å². The monoisotopic (exact) mass is 188 g/mol. The second kappa shape index (κ2) is 3.25. The molecule has 0 amide bonds. The van der Waals surface area contributed by atoms with Crippen LogP contribution in [-0.4, -0.2) is 12.2 Å². The van der Waals surface area contributed by atoms with Gasteiger partial charge in [-0.2, -0.15) is 0 Å². The number of hydrogen-bond donors (Lipinski definition) is 0. The highest BCUT2D eigenvalue weighted by molar-refractivity contribution is 5.28. The molecule has 0 aromatic heterocycles. The van der Waals surface area contributed by atoms with Crippen molar-refractivity contribution in [3.8, 4) is 0 Å². The van der Waals surface area contributed by atoms with E-state index in [1.165, 1.54) is 5.56 Å². The minimum absolute atomic E-state index is 0.0834. The molecule has 1 aliphatic heterocycles. The summed E-state index contributed by atoms with van der Waals surface area (Å²) in [7, 11) is 0. The Balaban J connectivity index is 2.21. The molecule has 1 aromatic rings. The number of ether oxygens (including phenoxy) is 1. The first kappa shape index (κ1) is 9.47. The predicted octanol–water partition coefficient (Wildman–Crippen LogP) is 2.92. The van der Waals surface area contributed by atoms with Crippen molar-refractivity contribution in [2.45, 2.75) is 31.5 Å². The lowest BCUT2D eigenvalue weighted by Crippen LogP contribution is -2.25. The predicted molar refractivity (Wildman–Crippen MR) is 58.3 cm³/mol. The molecule has 1 heterocycles. The molecule has 0 saturated carbocycles. The molecule has 2 rings (SSSR count). The van der Waals surface area contributed by atoms with Gasteiger partial charge in [0.2, 0.25) is 0 Å². The van der Waals surface area contributed by atoms with Crippen LogP contribution in [0, 0.1) is 0 Å². The van der Waals surface area contributed by atoms with Gasteiger partial charge in [0.1, 0.15) is 6.10 Å². The van der Waals surface area contributed by atoms with Gasteiger partial charge in [0.15, 0.2) is 0 Å². The minimum Gasteiger partial charge on any atom is -0.364 e. The zero-order valence-electron chi connectivity index (χ0n) is 8.73. The zero-order valence-corrected chi connectivity index (χ0v) is 8.73. The third-order valence-electron chi connectivity index (χ3n) is 2.99. The van der Waals surface area contributed by atoms with Crippen LogP contribution in [0.15, 0.2) is 43.0 Å². The lowest BCUT2D eigenvalue weighted by atomic mass is 9.80. The molecule has 2 atom stereocenters. The van der Waals surface area contributed by atoms with Crippen LogP contribution in [0.5, 0.6) is 0 Å². The first-order valence-electron chi connectivity index (χ1n) is 5.00. The number of hydrogen-bond acceptors (Lipinski definition) is 1. The van der Waals surface area contributed by atoms with Crippen LogP contribution in [0.4, 0.5) is 0 Å². The van der Waals surface area contributed by atoms with Gasteiger partial charge in [-0.15, -0.1) is 6.58 Å². The van der Waals surface area contributed by atoms with Crippen molar-refractivity contribution in [2.24, 2.45) is 0 Å². The van der Waals surface area contributed by atoms with E-state index in [0.717, 1.165) is 0 Å². The quantitative estimate of drug-likeness (QED) is 0.525. The summed E-state index contributed by atoms with van der Waals surface area (Å²) < 4.78 is 5.57. The van der Waals surface area contributed by atoms with Crippen LogP contribution in [0.25, 0.3) is 0 Å². The van der Waals surface area contributed by atoms with E-state index in [0.29, 0.717) is 6.10 Å². The smallest absolute Gasteiger partial charge is 0.103 e. The van der Waals surface area contributed by atoms with Crippen molar-refractivity contribution in [1.29, 1.82) is 0 Å². The summed E-state index contributed by atoms with van der Waals surface area (Å²) in [6.07, 6.45) is 2.42. The molecular weight excluding hydrogens is 172 g/mol. The van der Waals surface area contributed by atoms with Gasteiger partial charge < -0.3 is 4.74 Å². The molecule has 1 fully saturated rings. The topological polar surface area (TPSA) is 12.5 Å². The van der Waals surface area contributed by atoms with E-state index in [9.17, 15) is 0 Å². The Kier molecular flexibility index (Phi) is 2.20. The lowest BCUT2D eigenvalue weighted by molar-refractivity contribution is 0.313. The second-order valence-electron chi connectivity index (χ2n) is 4.34. The van der Waals surface area contributed by atoms with Crippen LogP contribution in [0.2, 0.25) is 0 Å². The maximum atomic E-state index is 5.57. The molecule has 1 heteroatoms. The normalized spacial score (nSPS) is 25.9. The molecule has 1 saturated heterocycles. The molecular formula is C13H16O. The molecule has 0 radical (unpaired) electrons. The van der Waals surface area contributed by atoms with E-state index in [-0.39, 0.29) is 11.5 Å². The lowest BCUT2D eigenvalue weighted by Gasteiger charge is -2.22. The van der Waals surface area contributed by atoms with Crippen LogP contribution in [0.3, 0.4) is 0 Å². The average molecular weight is 188 g/mol. The molecule has 0 aliphatic carbocycles. The fourth-order valence-electron chi connectivity index (χ4n) is 1.92. The number of epoxide rings is 1. The molecule has 0 bridgehead atoms. The molecule has 0 N–H and O–H groups in total. The summed E-state index contributed by atoms with van der Waals surface area (Å²) in [6.45, 7) is 8.19. The molecule has 14 heavy (non-hydrogen) atoms. The standard InChI is InChI=1S/C13H16O/c1-4-11-12(14-11)13(2,3)10-8-6-5-7-9-10/h4-9,11-12H,1H2,2-3H3. The summed E-state index contributed by atoms with van der Waals surface area (Å²) in [4.78, 5) is 0. The van der Waals surface area contributed by atoms with Gasteiger partial charge in [-0.05, 0) is 5.56 Å². The van der Waals surface area contributed by atoms with E-state index < -0.39 is 0 Å². The van der Waals surface area contributed by atoms with E-state index in [1.54, 1.807) is 0 Å². The fraction of sp³-hybridized carbons (Fsp3) is 0.385. The summed E-state index contributed by atoms with van der Waals surface area (Å²) in [5.74, 6) is 0. The third-order valence-corrected chi connectivity index (χ3v) is 2.99. The summed E-state index contributed by atoms with van der Waals surface area (Å²) in [5, 5.41) is 0. The second-order valence-corrected chi connectivity index (χ2v) is 4.34. The summed E-state index contributed by atoms with van der Waals surface area (Å²) in [6, 6.07) is 10.5. The Morgan fingerprint density at radius 2 is 1.93 bits per heavy atom. The highest BCUT2D eigenvalue weighted by Crippen LogP contribution is 2.41. The summed E-state index contributed by atoms with van der Waals surface area (Å²) in [5.41, 5.74) is 1.41. The Morgan fingerprint density at radius 3 is 2.43 bits per heavy atom. The van der Waals surface area contributed by atoms with Crippen LogP contribution in [0.1, 0.15) is 19.4 Å². The Labute approximate surface area is 85.4 Å². The largest absolute Gasteiger partial charge is 0.364 e. The van der Waals surface area contributed by atoms with Crippen molar-refractivity contribution >= 4 is 0 Å². The van der Waals surface area contributed by atoms with E-state index in [4.69, 9.17) is 4.74 Å². The van der Waals surface area contributed by atoms with E-state index in [1.807, 2.05) is 12.1 Å². The number of benzene rings is 1. The Hall–Kier alpha value is -1.08. The highest BCUT2D eigenvalue weighted by atomic mass is 16.6. The molecule has 1 nitrogen and oxygen atoms in total. The van der Waals surface area contributed by atoms with E-state index >= 15 is 0 Å². The molecule has 0 spiro atoms. The van der Waals surface area contributed by atoms with Crippen LogP contribution < -0.4 is 0 Å². The average Bonchev–Trinajstić information content (AvgIpc) is 2.98. The molecule has 2 unspecified atom stereocenters. The molecule has 74 valence electrons. The Bertz CT molecular complexity index is 326.